The standard InChI is InChI=1S/C20H27ClNO4PS/c1-13-7-9-17(10-8-13)18(20(21)27(23,25-5)26-6)22-28(24)19-15(3)11-14(2)12-16(19)4/h7-12,18,20,22H,1-6H3. The largest absolute Gasteiger partial charge is 0.349 e. The maximum absolute atomic E-state index is 13.2. The van der Waals surface area contributed by atoms with Crippen molar-refractivity contribution in [1.29, 1.82) is 0 Å². The normalized spacial score (nSPS) is 15.2. The lowest BCUT2D eigenvalue weighted by molar-refractivity contribution is 0.269. The Hall–Kier alpha value is -1.01. The van der Waals surface area contributed by atoms with E-state index in [-0.39, 0.29) is 0 Å². The van der Waals surface area contributed by atoms with Crippen LogP contribution in [-0.2, 0) is 24.6 Å². The molecule has 2 aromatic rings. The Morgan fingerprint density at radius 3 is 1.93 bits per heavy atom. The molecule has 3 atom stereocenters. The van der Waals surface area contributed by atoms with E-state index in [1.165, 1.54) is 14.2 Å². The highest BCUT2D eigenvalue weighted by atomic mass is 35.5. The van der Waals surface area contributed by atoms with Gasteiger partial charge in [-0.3, -0.25) is 4.57 Å². The molecule has 5 nitrogen and oxygen atoms in total. The zero-order valence-corrected chi connectivity index (χ0v) is 19.5. The van der Waals surface area contributed by atoms with Crippen LogP contribution in [0.1, 0.15) is 33.9 Å². The molecule has 154 valence electrons. The van der Waals surface area contributed by atoms with Crippen LogP contribution in [0.15, 0.2) is 41.3 Å². The number of hydrogen-bond donors (Lipinski definition) is 1. The molecular weight excluding hydrogens is 417 g/mol. The summed E-state index contributed by atoms with van der Waals surface area (Å²) in [4.78, 5) is 0.691. The van der Waals surface area contributed by atoms with E-state index in [0.29, 0.717) is 4.90 Å². The van der Waals surface area contributed by atoms with E-state index in [1.807, 2.05) is 64.1 Å². The number of benzene rings is 2. The quantitative estimate of drug-likeness (QED) is 0.442. The maximum atomic E-state index is 13.2. The molecule has 0 aliphatic carbocycles. The second kappa shape index (κ2) is 9.66. The molecule has 3 unspecified atom stereocenters. The minimum atomic E-state index is -3.62. The third kappa shape index (κ3) is 5.12. The van der Waals surface area contributed by atoms with Crippen molar-refractivity contribution in [3.8, 4) is 0 Å². The summed E-state index contributed by atoms with van der Waals surface area (Å²) in [7, 11) is -2.62. The summed E-state index contributed by atoms with van der Waals surface area (Å²) in [5.41, 5.74) is 4.75. The Bertz CT molecular complexity index is 873. The van der Waals surface area contributed by atoms with Gasteiger partial charge >= 0.3 is 7.60 Å². The van der Waals surface area contributed by atoms with Crippen molar-refractivity contribution in [3.63, 3.8) is 0 Å². The Labute approximate surface area is 174 Å². The van der Waals surface area contributed by atoms with Crippen LogP contribution in [-0.4, -0.2) is 23.5 Å². The van der Waals surface area contributed by atoms with Crippen molar-refractivity contribution in [2.24, 2.45) is 0 Å². The van der Waals surface area contributed by atoms with E-state index in [1.54, 1.807) is 0 Å². The molecule has 0 aliphatic rings. The van der Waals surface area contributed by atoms with Gasteiger partial charge in [-0.25, -0.2) is 8.93 Å². The average molecular weight is 444 g/mol. The molecule has 0 aromatic heterocycles. The summed E-state index contributed by atoms with van der Waals surface area (Å²) < 4.78 is 39.4. The van der Waals surface area contributed by atoms with Gasteiger partial charge in [0, 0.05) is 14.2 Å². The monoisotopic (exact) mass is 443 g/mol. The summed E-state index contributed by atoms with van der Waals surface area (Å²) in [5, 5.41) is -1.07. The minimum Gasteiger partial charge on any atom is -0.311 e. The Morgan fingerprint density at radius 2 is 1.46 bits per heavy atom. The van der Waals surface area contributed by atoms with Crippen LogP contribution >= 0.6 is 19.2 Å². The van der Waals surface area contributed by atoms with Gasteiger partial charge in [0.05, 0.1) is 10.9 Å². The molecule has 8 heteroatoms. The van der Waals surface area contributed by atoms with E-state index < -0.39 is 29.7 Å². The molecular formula is C20H27ClNO4PS. The summed E-state index contributed by atoms with van der Waals surface area (Å²) in [6.45, 7) is 7.81. The summed E-state index contributed by atoms with van der Waals surface area (Å²) in [5.74, 6) is 0. The Kier molecular flexibility index (Phi) is 8.03. The first-order valence-electron chi connectivity index (χ1n) is 8.80. The van der Waals surface area contributed by atoms with Crippen LogP contribution in [0, 0.1) is 27.7 Å². The van der Waals surface area contributed by atoms with Gasteiger partial charge in [-0.1, -0.05) is 47.5 Å². The molecule has 1 N–H and O–H groups in total. The van der Waals surface area contributed by atoms with Crippen molar-refractivity contribution in [3.05, 3.63) is 64.2 Å². The predicted molar refractivity (Wildman–Crippen MR) is 115 cm³/mol. The second-order valence-corrected chi connectivity index (χ2v) is 11.1. The highest BCUT2D eigenvalue weighted by Crippen LogP contribution is 2.57. The molecule has 0 amide bonds. The van der Waals surface area contributed by atoms with Crippen molar-refractivity contribution in [2.75, 3.05) is 14.2 Å². The number of hydrogen-bond acceptors (Lipinski definition) is 4. The molecule has 0 saturated carbocycles. The smallest absolute Gasteiger partial charge is 0.311 e. The third-order valence-corrected chi connectivity index (χ3v) is 8.92. The molecule has 0 bridgehead atoms. The van der Waals surface area contributed by atoms with Gasteiger partial charge in [0.1, 0.15) is 11.0 Å². The van der Waals surface area contributed by atoms with Crippen molar-refractivity contribution < 1.29 is 17.8 Å². The Morgan fingerprint density at radius 1 is 0.964 bits per heavy atom. The topological polar surface area (TPSA) is 64.6 Å². The SMILES string of the molecule is COP(=O)(OC)C(Cl)C(NS(=O)c1c(C)cc(C)cc1C)c1ccc(C)cc1. The van der Waals surface area contributed by atoms with Crippen LogP contribution in [0.2, 0.25) is 0 Å². The van der Waals surface area contributed by atoms with Crippen molar-refractivity contribution >= 4 is 30.2 Å². The van der Waals surface area contributed by atoms with Crippen LogP contribution in [0.5, 0.6) is 0 Å². The first-order chi connectivity index (χ1) is 13.1. The number of aryl methyl sites for hydroxylation is 4. The fourth-order valence-electron chi connectivity index (χ4n) is 3.15. The zero-order chi connectivity index (χ0) is 21.1. The minimum absolute atomic E-state index is 0.691. The van der Waals surface area contributed by atoms with Gasteiger partial charge in [0.25, 0.3) is 0 Å². The number of alkyl halides is 1. The zero-order valence-electron chi connectivity index (χ0n) is 17.0. The first-order valence-corrected chi connectivity index (χ1v) is 12.0. The van der Waals surface area contributed by atoms with Gasteiger partial charge < -0.3 is 9.05 Å². The number of rotatable bonds is 8. The molecule has 28 heavy (non-hydrogen) atoms. The molecule has 0 heterocycles. The lowest BCUT2D eigenvalue weighted by Crippen LogP contribution is -2.32. The average Bonchev–Trinajstić information content (AvgIpc) is 2.65. The fourth-order valence-corrected chi connectivity index (χ4v) is 6.50. The highest BCUT2D eigenvalue weighted by molar-refractivity contribution is 7.83. The number of nitrogens with one attached hydrogen (secondary N) is 1. The lowest BCUT2D eigenvalue weighted by Gasteiger charge is -2.28. The lowest BCUT2D eigenvalue weighted by atomic mass is 10.1. The van der Waals surface area contributed by atoms with E-state index in [4.69, 9.17) is 20.6 Å². The van der Waals surface area contributed by atoms with Gasteiger partial charge in [0.2, 0.25) is 0 Å². The summed E-state index contributed by atoms with van der Waals surface area (Å²) in [6.07, 6.45) is 0. The van der Waals surface area contributed by atoms with Gasteiger partial charge in [0.15, 0.2) is 5.12 Å². The molecule has 0 saturated heterocycles. The third-order valence-electron chi connectivity index (χ3n) is 4.55. The molecule has 0 radical (unpaired) electrons. The number of halogens is 1. The molecule has 0 fully saturated rings. The van der Waals surface area contributed by atoms with Gasteiger partial charge in [-0.05, 0) is 44.4 Å². The van der Waals surface area contributed by atoms with Crippen LogP contribution in [0.4, 0.5) is 0 Å². The van der Waals surface area contributed by atoms with Crippen molar-refractivity contribution in [1.82, 2.24) is 4.72 Å². The van der Waals surface area contributed by atoms with Crippen LogP contribution < -0.4 is 4.72 Å². The first kappa shape index (κ1) is 23.3. The fraction of sp³-hybridized carbons (Fsp3) is 0.400. The highest BCUT2D eigenvalue weighted by Gasteiger charge is 2.40. The predicted octanol–water partition coefficient (Wildman–Crippen LogP) is 5.32. The second-order valence-electron chi connectivity index (χ2n) is 6.78. The van der Waals surface area contributed by atoms with E-state index >= 15 is 0 Å². The van der Waals surface area contributed by atoms with E-state index in [2.05, 4.69) is 4.72 Å². The van der Waals surface area contributed by atoms with E-state index in [9.17, 15) is 8.77 Å². The van der Waals surface area contributed by atoms with E-state index in [0.717, 1.165) is 27.8 Å². The summed E-state index contributed by atoms with van der Waals surface area (Å²) in [6, 6.07) is 10.8. The molecule has 0 spiro atoms. The van der Waals surface area contributed by atoms with Crippen molar-refractivity contribution in [2.45, 2.75) is 43.8 Å². The summed E-state index contributed by atoms with van der Waals surface area (Å²) >= 11 is 6.55. The van der Waals surface area contributed by atoms with Crippen LogP contribution in [0.3, 0.4) is 0 Å². The van der Waals surface area contributed by atoms with Gasteiger partial charge in [-0.15, -0.1) is 11.6 Å². The Balaban J connectivity index is 2.47. The van der Waals surface area contributed by atoms with Gasteiger partial charge in [-0.2, -0.15) is 0 Å². The molecule has 2 rings (SSSR count). The molecule has 2 aromatic carbocycles. The van der Waals surface area contributed by atoms with Crippen LogP contribution in [0.25, 0.3) is 0 Å². The molecule has 0 aliphatic heterocycles. The maximum Gasteiger partial charge on any atom is 0.349 e.